The molecule has 20 heavy (non-hydrogen) atoms. The molecule has 1 aliphatic rings. The minimum Gasteiger partial charge on any atom is -0.481 e. The number of nitrogens with one attached hydrogen (secondary N) is 1. The monoisotopic (exact) mass is 286 g/mol. The van der Waals surface area contributed by atoms with Crippen molar-refractivity contribution in [2.24, 2.45) is 11.8 Å². The van der Waals surface area contributed by atoms with Crippen LogP contribution in [-0.4, -0.2) is 54.2 Å². The lowest BCUT2D eigenvalue weighted by Crippen LogP contribution is -2.41. The lowest BCUT2D eigenvalue weighted by atomic mass is 10.1. The van der Waals surface area contributed by atoms with Crippen molar-refractivity contribution in [3.05, 3.63) is 0 Å². The lowest BCUT2D eigenvalue weighted by Gasteiger charge is -2.18. The van der Waals surface area contributed by atoms with Gasteiger partial charge in [-0.15, -0.1) is 0 Å². The van der Waals surface area contributed by atoms with Gasteiger partial charge in [-0.1, -0.05) is 6.92 Å². The Bertz CT molecular complexity index is 372. The van der Waals surface area contributed by atoms with Crippen LogP contribution in [0.3, 0.4) is 0 Å². The van der Waals surface area contributed by atoms with Crippen molar-refractivity contribution < 1.29 is 24.2 Å². The standard InChI is InChI=1S/C13H22N2O5/c1-3-20-11(16)6-9(2)7-14-13(19)15-5-4-10(8-15)12(17)18/h9-10H,3-8H2,1-2H3,(H,14,19)(H,17,18). The molecule has 1 aliphatic heterocycles. The molecular formula is C13H22N2O5. The maximum Gasteiger partial charge on any atom is 0.317 e. The van der Waals surface area contributed by atoms with Gasteiger partial charge in [-0.25, -0.2) is 4.79 Å². The summed E-state index contributed by atoms with van der Waals surface area (Å²) in [7, 11) is 0. The smallest absolute Gasteiger partial charge is 0.317 e. The second kappa shape index (κ2) is 7.72. The van der Waals surface area contributed by atoms with Crippen LogP contribution in [-0.2, 0) is 14.3 Å². The van der Waals surface area contributed by atoms with Gasteiger partial charge < -0.3 is 20.1 Å². The fraction of sp³-hybridized carbons (Fsp3) is 0.769. The van der Waals surface area contributed by atoms with Crippen molar-refractivity contribution in [3.8, 4) is 0 Å². The summed E-state index contributed by atoms with van der Waals surface area (Å²) in [6.45, 7) is 5.01. The fourth-order valence-electron chi connectivity index (χ4n) is 2.10. The zero-order chi connectivity index (χ0) is 15.1. The van der Waals surface area contributed by atoms with Crippen LogP contribution in [0.5, 0.6) is 0 Å². The number of carboxylic acids is 1. The van der Waals surface area contributed by atoms with E-state index in [0.717, 1.165) is 0 Å². The van der Waals surface area contributed by atoms with Gasteiger partial charge in [0.15, 0.2) is 0 Å². The van der Waals surface area contributed by atoms with Crippen molar-refractivity contribution >= 4 is 18.0 Å². The Morgan fingerprint density at radius 3 is 2.70 bits per heavy atom. The zero-order valence-electron chi connectivity index (χ0n) is 11.9. The van der Waals surface area contributed by atoms with Crippen LogP contribution in [0.25, 0.3) is 0 Å². The maximum atomic E-state index is 11.8. The molecule has 0 spiro atoms. The summed E-state index contributed by atoms with van der Waals surface area (Å²) >= 11 is 0. The number of carbonyl (C=O) groups is 3. The Morgan fingerprint density at radius 2 is 2.15 bits per heavy atom. The van der Waals surface area contributed by atoms with Crippen LogP contribution in [0, 0.1) is 11.8 Å². The first-order valence-corrected chi connectivity index (χ1v) is 6.85. The van der Waals surface area contributed by atoms with Crippen LogP contribution < -0.4 is 5.32 Å². The molecule has 0 aromatic carbocycles. The number of amides is 2. The van der Waals surface area contributed by atoms with Gasteiger partial charge in [0.25, 0.3) is 0 Å². The van der Waals surface area contributed by atoms with Crippen molar-refractivity contribution in [3.63, 3.8) is 0 Å². The van der Waals surface area contributed by atoms with Crippen molar-refractivity contribution in [2.45, 2.75) is 26.7 Å². The van der Waals surface area contributed by atoms with Crippen LogP contribution in [0.2, 0.25) is 0 Å². The molecule has 2 unspecified atom stereocenters. The number of urea groups is 1. The summed E-state index contributed by atoms with van der Waals surface area (Å²) in [6.07, 6.45) is 0.743. The first-order valence-electron chi connectivity index (χ1n) is 6.85. The van der Waals surface area contributed by atoms with Gasteiger partial charge >= 0.3 is 18.0 Å². The Kier molecular flexibility index (Phi) is 6.27. The van der Waals surface area contributed by atoms with E-state index in [1.807, 2.05) is 6.92 Å². The van der Waals surface area contributed by atoms with E-state index in [1.165, 1.54) is 4.90 Å². The van der Waals surface area contributed by atoms with E-state index >= 15 is 0 Å². The molecule has 1 fully saturated rings. The van der Waals surface area contributed by atoms with Crippen LogP contribution in [0.15, 0.2) is 0 Å². The summed E-state index contributed by atoms with van der Waals surface area (Å²) in [5.74, 6) is -1.63. The molecule has 1 rings (SSSR count). The van der Waals surface area contributed by atoms with E-state index in [0.29, 0.717) is 26.1 Å². The predicted octanol–water partition coefficient (Wildman–Crippen LogP) is 0.692. The van der Waals surface area contributed by atoms with Gasteiger partial charge in [0.1, 0.15) is 0 Å². The largest absolute Gasteiger partial charge is 0.481 e. The van der Waals surface area contributed by atoms with Crippen molar-refractivity contribution in [1.29, 1.82) is 0 Å². The van der Waals surface area contributed by atoms with Gasteiger partial charge in [-0.3, -0.25) is 9.59 Å². The molecule has 2 atom stereocenters. The number of carbonyl (C=O) groups excluding carboxylic acids is 2. The number of rotatable bonds is 6. The average Bonchev–Trinajstić information content (AvgIpc) is 2.86. The van der Waals surface area contributed by atoms with E-state index < -0.39 is 11.9 Å². The summed E-state index contributed by atoms with van der Waals surface area (Å²) in [5, 5.41) is 11.6. The second-order valence-electron chi connectivity index (χ2n) is 5.07. The Labute approximate surface area is 118 Å². The summed E-state index contributed by atoms with van der Waals surface area (Å²) in [5.41, 5.74) is 0. The van der Waals surface area contributed by atoms with Gasteiger partial charge in [0, 0.05) is 26.1 Å². The normalized spacial score (nSPS) is 19.5. The van der Waals surface area contributed by atoms with Crippen LogP contribution >= 0.6 is 0 Å². The molecule has 114 valence electrons. The molecule has 2 N–H and O–H groups in total. The highest BCUT2D eigenvalue weighted by Crippen LogP contribution is 2.16. The number of esters is 1. The van der Waals surface area contributed by atoms with Gasteiger partial charge in [0.05, 0.1) is 12.5 Å². The third-order valence-corrected chi connectivity index (χ3v) is 3.25. The molecule has 0 aromatic heterocycles. The number of carboxylic acid groups (broad SMARTS) is 1. The van der Waals surface area contributed by atoms with E-state index in [9.17, 15) is 14.4 Å². The van der Waals surface area contributed by atoms with E-state index in [-0.39, 0.29) is 30.9 Å². The second-order valence-corrected chi connectivity index (χ2v) is 5.07. The maximum absolute atomic E-state index is 11.8. The number of hydrogen-bond acceptors (Lipinski definition) is 4. The molecule has 0 aliphatic carbocycles. The quantitative estimate of drug-likeness (QED) is 0.700. The third kappa shape index (κ3) is 5.07. The average molecular weight is 286 g/mol. The van der Waals surface area contributed by atoms with Gasteiger partial charge in [-0.2, -0.15) is 0 Å². The van der Waals surface area contributed by atoms with Crippen LogP contribution in [0.1, 0.15) is 26.7 Å². The molecular weight excluding hydrogens is 264 g/mol. The lowest BCUT2D eigenvalue weighted by molar-refractivity contribution is -0.144. The molecule has 2 amide bonds. The number of aliphatic carboxylic acids is 1. The third-order valence-electron chi connectivity index (χ3n) is 3.25. The highest BCUT2D eigenvalue weighted by Gasteiger charge is 2.30. The zero-order valence-corrected chi connectivity index (χ0v) is 11.9. The first-order chi connectivity index (χ1) is 9.43. The van der Waals surface area contributed by atoms with E-state index in [2.05, 4.69) is 5.32 Å². The predicted molar refractivity (Wildman–Crippen MR) is 71.1 cm³/mol. The van der Waals surface area contributed by atoms with Gasteiger partial charge in [0.2, 0.25) is 0 Å². The van der Waals surface area contributed by atoms with Crippen molar-refractivity contribution in [1.82, 2.24) is 10.2 Å². The fourth-order valence-corrected chi connectivity index (χ4v) is 2.10. The number of nitrogens with zero attached hydrogens (tertiary/aromatic N) is 1. The highest BCUT2D eigenvalue weighted by molar-refractivity contribution is 5.77. The molecule has 1 heterocycles. The minimum absolute atomic E-state index is 0.0177. The minimum atomic E-state index is -0.865. The number of hydrogen-bond donors (Lipinski definition) is 2. The molecule has 0 bridgehead atoms. The van der Waals surface area contributed by atoms with E-state index in [4.69, 9.17) is 9.84 Å². The summed E-state index contributed by atoms with van der Waals surface area (Å²) in [4.78, 5) is 35.4. The molecule has 7 heteroatoms. The SMILES string of the molecule is CCOC(=O)CC(C)CNC(=O)N1CCC(C(=O)O)C1. The first kappa shape index (κ1) is 16.3. The summed E-state index contributed by atoms with van der Waals surface area (Å²) in [6, 6.07) is -0.274. The molecule has 0 aromatic rings. The van der Waals surface area contributed by atoms with Crippen LogP contribution in [0.4, 0.5) is 4.79 Å². The molecule has 7 nitrogen and oxygen atoms in total. The number of ether oxygens (including phenoxy) is 1. The van der Waals surface area contributed by atoms with Crippen molar-refractivity contribution in [2.75, 3.05) is 26.2 Å². The highest BCUT2D eigenvalue weighted by atomic mass is 16.5. The van der Waals surface area contributed by atoms with Gasteiger partial charge in [-0.05, 0) is 19.3 Å². The Morgan fingerprint density at radius 1 is 1.45 bits per heavy atom. The molecule has 0 saturated carbocycles. The Hall–Kier alpha value is -1.79. The van der Waals surface area contributed by atoms with E-state index in [1.54, 1.807) is 6.92 Å². The molecule has 0 radical (unpaired) electrons. The molecule has 1 saturated heterocycles. The number of likely N-dealkylation sites (tertiary alicyclic amines) is 1. The summed E-state index contributed by atoms with van der Waals surface area (Å²) < 4.78 is 4.83. The topological polar surface area (TPSA) is 95.9 Å². The Balaban J connectivity index is 2.26.